The fourth-order valence-corrected chi connectivity index (χ4v) is 7.76. The number of nitrogens with zero attached hydrogens (tertiary/aromatic N) is 7. The van der Waals surface area contributed by atoms with Crippen LogP contribution in [0.4, 0.5) is 27.3 Å². The predicted octanol–water partition coefficient (Wildman–Crippen LogP) is 5.19. The Hall–Kier alpha value is -4.78. The number of benzene rings is 2. The number of carbonyl (C=O) groups excluding carboxylic acids is 1. The number of aryl methyl sites for hydroxylation is 1. The Morgan fingerprint density at radius 1 is 0.980 bits per heavy atom. The zero-order valence-electron chi connectivity index (χ0n) is 29.2. The minimum atomic E-state index is -0.487. The summed E-state index contributed by atoms with van der Waals surface area (Å²) in [4.78, 5) is 32.1. The standard InChI is InChI=1S/C39H45FN8O3/c1-26-6-4-3-5-9-47-14-15-48(39(50)36(47)16-26)34-20-28(40)19-31(32(34)22-49)27-17-33(38-35(18-27)44(2)25-42-38)43-37-8-7-29(21-41-37)45-10-12-46(13-11-45)30-23-51-24-30/h7-8,16-21,25,30,49H,1,3-6,9-15,22-24H2,2H3,(H,41,43)/b36-16-. The average molecular weight is 693 g/mol. The first-order chi connectivity index (χ1) is 24.9. The second kappa shape index (κ2) is 14.1. The normalized spacial score (nSPS) is 20.4. The van der Waals surface area contributed by atoms with Gasteiger partial charge >= 0.3 is 0 Å². The lowest BCUT2D eigenvalue weighted by Crippen LogP contribution is -2.56. The molecule has 4 aliphatic rings. The summed E-state index contributed by atoms with van der Waals surface area (Å²) in [5.74, 6) is -0.0351. The van der Waals surface area contributed by atoms with Gasteiger partial charge in [-0.15, -0.1) is 0 Å². The number of aromatic nitrogens is 3. The van der Waals surface area contributed by atoms with Crippen molar-refractivity contribution in [1.82, 2.24) is 24.3 Å². The number of hydrogen-bond donors (Lipinski definition) is 2. The number of amides is 1. The van der Waals surface area contributed by atoms with Crippen molar-refractivity contribution in [2.24, 2.45) is 7.05 Å². The Morgan fingerprint density at radius 2 is 1.80 bits per heavy atom. The van der Waals surface area contributed by atoms with Crippen molar-refractivity contribution < 1.29 is 19.0 Å². The van der Waals surface area contributed by atoms with Crippen molar-refractivity contribution in [3.05, 3.63) is 84.2 Å². The summed E-state index contributed by atoms with van der Waals surface area (Å²) >= 11 is 0. The van der Waals surface area contributed by atoms with Gasteiger partial charge in [-0.25, -0.2) is 14.4 Å². The molecule has 3 saturated heterocycles. The third-order valence-corrected chi connectivity index (χ3v) is 10.8. The molecule has 2 aromatic carbocycles. The molecular weight excluding hydrogens is 647 g/mol. The highest BCUT2D eigenvalue weighted by atomic mass is 19.1. The Labute approximate surface area is 297 Å². The van der Waals surface area contributed by atoms with E-state index in [4.69, 9.17) is 9.72 Å². The van der Waals surface area contributed by atoms with Crippen molar-refractivity contribution in [1.29, 1.82) is 0 Å². The van der Waals surface area contributed by atoms with E-state index in [0.717, 1.165) is 93.9 Å². The number of nitrogens with one attached hydrogen (secondary N) is 1. The molecule has 4 aliphatic heterocycles. The van der Waals surface area contributed by atoms with Gasteiger partial charge in [0.25, 0.3) is 5.91 Å². The molecule has 0 bridgehead atoms. The van der Waals surface area contributed by atoms with E-state index in [1.165, 1.54) is 12.1 Å². The van der Waals surface area contributed by atoms with Gasteiger partial charge in [0, 0.05) is 58.4 Å². The topological polar surface area (TPSA) is 102 Å². The molecule has 0 saturated carbocycles. The van der Waals surface area contributed by atoms with E-state index in [-0.39, 0.29) is 12.5 Å². The second-order valence-corrected chi connectivity index (χ2v) is 14.0. The lowest BCUT2D eigenvalue weighted by atomic mass is 9.96. The lowest BCUT2D eigenvalue weighted by molar-refractivity contribution is -0.117. The number of rotatable bonds is 7. The first-order valence-corrected chi connectivity index (χ1v) is 18.0. The van der Waals surface area contributed by atoms with Crippen LogP contribution in [-0.4, -0.2) is 100 Å². The van der Waals surface area contributed by atoms with Crippen LogP contribution in [-0.2, 0) is 23.2 Å². The molecule has 266 valence electrons. The highest BCUT2D eigenvalue weighted by Crippen LogP contribution is 2.39. The Morgan fingerprint density at radius 3 is 2.55 bits per heavy atom. The van der Waals surface area contributed by atoms with E-state index < -0.39 is 5.82 Å². The van der Waals surface area contributed by atoms with Crippen LogP contribution in [0, 0.1) is 5.82 Å². The van der Waals surface area contributed by atoms with Crippen LogP contribution in [0.2, 0.25) is 0 Å². The number of piperazine rings is 2. The van der Waals surface area contributed by atoms with Crippen LogP contribution in [0.5, 0.6) is 0 Å². The van der Waals surface area contributed by atoms with Gasteiger partial charge < -0.3 is 34.4 Å². The number of aliphatic hydroxyl groups is 1. The van der Waals surface area contributed by atoms with Crippen LogP contribution in [0.1, 0.15) is 31.2 Å². The van der Waals surface area contributed by atoms with Gasteiger partial charge in [-0.1, -0.05) is 18.6 Å². The van der Waals surface area contributed by atoms with Crippen LogP contribution in [0.15, 0.2) is 72.8 Å². The van der Waals surface area contributed by atoms with Crippen molar-refractivity contribution in [2.75, 3.05) is 74.1 Å². The molecule has 0 spiro atoms. The molecule has 6 heterocycles. The molecule has 0 atom stereocenters. The van der Waals surface area contributed by atoms with Gasteiger partial charge in [-0.05, 0) is 72.9 Å². The van der Waals surface area contributed by atoms with Gasteiger partial charge in [0.1, 0.15) is 22.8 Å². The van der Waals surface area contributed by atoms with Gasteiger partial charge in [-0.3, -0.25) is 9.69 Å². The average Bonchev–Trinajstić information content (AvgIpc) is 3.53. The van der Waals surface area contributed by atoms with Gasteiger partial charge in [0.2, 0.25) is 0 Å². The molecule has 51 heavy (non-hydrogen) atoms. The number of anilines is 4. The fraction of sp³-hybridized carbons (Fsp3) is 0.410. The van der Waals surface area contributed by atoms with E-state index >= 15 is 4.39 Å². The lowest BCUT2D eigenvalue weighted by Gasteiger charge is -2.43. The summed E-state index contributed by atoms with van der Waals surface area (Å²) in [6, 6.07) is 11.3. The van der Waals surface area contributed by atoms with E-state index in [2.05, 4.69) is 37.6 Å². The number of allylic oxidation sites excluding steroid dienone is 2. The maximum atomic E-state index is 15.6. The molecule has 3 fully saturated rings. The molecule has 0 aliphatic carbocycles. The number of hydrogen-bond acceptors (Lipinski definition) is 9. The minimum absolute atomic E-state index is 0.204. The molecular formula is C39H45FN8O3. The van der Waals surface area contributed by atoms with Crippen LogP contribution < -0.4 is 15.1 Å². The molecule has 1 amide bonds. The first kappa shape index (κ1) is 33.4. The number of carbonyl (C=O) groups is 1. The second-order valence-electron chi connectivity index (χ2n) is 14.0. The van der Waals surface area contributed by atoms with Crippen molar-refractivity contribution in [3.8, 4) is 11.1 Å². The largest absolute Gasteiger partial charge is 0.392 e. The molecule has 4 aromatic rings. The summed E-state index contributed by atoms with van der Waals surface area (Å²) in [6.07, 6.45) is 9.51. The zero-order valence-corrected chi connectivity index (χ0v) is 29.2. The highest BCUT2D eigenvalue weighted by molar-refractivity contribution is 6.07. The Balaban J connectivity index is 1.09. The van der Waals surface area contributed by atoms with E-state index in [0.29, 0.717) is 58.7 Å². The molecule has 11 nitrogen and oxygen atoms in total. The summed E-state index contributed by atoms with van der Waals surface area (Å²) in [7, 11) is 1.91. The van der Waals surface area contributed by atoms with Crippen LogP contribution in [0.3, 0.4) is 0 Å². The Kier molecular flexibility index (Phi) is 9.22. The van der Waals surface area contributed by atoms with Crippen molar-refractivity contribution >= 4 is 39.8 Å². The monoisotopic (exact) mass is 692 g/mol. The number of ether oxygens (including phenoxy) is 1. The quantitative estimate of drug-likeness (QED) is 0.271. The Bertz CT molecular complexity index is 1980. The van der Waals surface area contributed by atoms with E-state index in [1.54, 1.807) is 11.2 Å². The van der Waals surface area contributed by atoms with E-state index in [9.17, 15) is 9.90 Å². The van der Waals surface area contributed by atoms with Gasteiger partial charge in [0.15, 0.2) is 0 Å². The molecule has 0 radical (unpaired) electrons. The number of fused-ring (bicyclic) bond motifs is 2. The third kappa shape index (κ3) is 6.59. The van der Waals surface area contributed by atoms with Crippen molar-refractivity contribution in [3.63, 3.8) is 0 Å². The van der Waals surface area contributed by atoms with E-state index in [1.807, 2.05) is 42.1 Å². The van der Waals surface area contributed by atoms with Gasteiger partial charge in [-0.2, -0.15) is 0 Å². The number of halogens is 1. The third-order valence-electron chi connectivity index (χ3n) is 10.8. The summed E-state index contributed by atoms with van der Waals surface area (Å²) in [5.41, 5.74) is 6.90. The summed E-state index contributed by atoms with van der Waals surface area (Å²) in [5, 5.41) is 14.3. The summed E-state index contributed by atoms with van der Waals surface area (Å²) in [6.45, 7) is 11.2. The molecule has 8 rings (SSSR count). The molecule has 2 N–H and O–H groups in total. The maximum absolute atomic E-state index is 15.6. The first-order valence-electron chi connectivity index (χ1n) is 18.0. The summed E-state index contributed by atoms with van der Waals surface area (Å²) < 4.78 is 22.9. The van der Waals surface area contributed by atoms with Gasteiger partial charge in [0.05, 0.1) is 61.0 Å². The number of aliphatic hydroxyl groups excluding tert-OH is 1. The van der Waals surface area contributed by atoms with Crippen LogP contribution >= 0.6 is 0 Å². The molecule has 2 aromatic heterocycles. The fourth-order valence-electron chi connectivity index (χ4n) is 7.76. The number of pyridine rings is 1. The van der Waals surface area contributed by atoms with Crippen molar-refractivity contribution in [2.45, 2.75) is 38.3 Å². The maximum Gasteiger partial charge on any atom is 0.274 e. The minimum Gasteiger partial charge on any atom is -0.392 e. The molecule has 0 unspecified atom stereocenters. The number of imidazole rings is 1. The molecule has 12 heteroatoms. The smallest absolute Gasteiger partial charge is 0.274 e. The highest BCUT2D eigenvalue weighted by Gasteiger charge is 2.33. The van der Waals surface area contributed by atoms with Crippen LogP contribution in [0.25, 0.3) is 22.2 Å². The predicted molar refractivity (Wildman–Crippen MR) is 198 cm³/mol. The SMILES string of the molecule is C=C1/C=C2/C(=O)N(c3cc(F)cc(-c4cc(Nc5ccc(N6CCN(C7COC7)CC6)cn5)c5ncn(C)c5c4)c3CO)CCN2CCCCC1. The zero-order chi connectivity index (χ0) is 35.1.